The second kappa shape index (κ2) is 7.92. The van der Waals surface area contributed by atoms with Crippen molar-refractivity contribution in [3.63, 3.8) is 0 Å². The zero-order chi connectivity index (χ0) is 18.4. The number of ether oxygens (including phenoxy) is 2. The maximum absolute atomic E-state index is 12.0. The van der Waals surface area contributed by atoms with Gasteiger partial charge in [-0.25, -0.2) is 9.59 Å². The van der Waals surface area contributed by atoms with Crippen LogP contribution in [0.4, 0.5) is 0 Å². The largest absolute Gasteiger partial charge is 0.479 e. The summed E-state index contributed by atoms with van der Waals surface area (Å²) in [5, 5.41) is 9.24. The summed E-state index contributed by atoms with van der Waals surface area (Å²) < 4.78 is 10.1. The van der Waals surface area contributed by atoms with Crippen LogP contribution in [0.2, 0.25) is 0 Å². The predicted octanol–water partition coefficient (Wildman–Crippen LogP) is 1.63. The Morgan fingerprint density at radius 2 is 1.71 bits per heavy atom. The molecule has 0 saturated heterocycles. The lowest BCUT2D eigenvalue weighted by molar-refractivity contribution is -0.169. The van der Waals surface area contributed by atoms with Crippen LogP contribution in [0.25, 0.3) is 0 Å². The maximum atomic E-state index is 12.0. The summed E-state index contributed by atoms with van der Waals surface area (Å²) in [4.78, 5) is 35.2. The predicted molar refractivity (Wildman–Crippen MR) is 85.9 cm³/mol. The Hall–Kier alpha value is -2.41. The van der Waals surface area contributed by atoms with E-state index in [9.17, 15) is 19.5 Å². The van der Waals surface area contributed by atoms with Crippen molar-refractivity contribution >= 4 is 17.9 Å². The van der Waals surface area contributed by atoms with Gasteiger partial charge in [0.25, 0.3) is 0 Å². The number of nitrogens with two attached hydrogens (primary N) is 1. The van der Waals surface area contributed by atoms with Gasteiger partial charge in [-0.3, -0.25) is 4.79 Å². The van der Waals surface area contributed by atoms with Crippen LogP contribution in [0.3, 0.4) is 0 Å². The van der Waals surface area contributed by atoms with Gasteiger partial charge in [0.2, 0.25) is 5.54 Å². The molecule has 0 bridgehead atoms. The normalized spacial score (nSPS) is 13.7. The summed E-state index contributed by atoms with van der Waals surface area (Å²) in [6.07, 6.45) is -0.722. The molecule has 0 spiro atoms. The molecular formula is C17H23NO6. The van der Waals surface area contributed by atoms with Crippen molar-refractivity contribution in [1.29, 1.82) is 0 Å². The number of aliphatic carboxylic acids is 1. The SMILES string of the molecule is CC(C)(C)OC(=O)[C@](N)(CCC(=O)OCc1ccccc1)C(=O)O. The number of rotatable bonds is 7. The number of carboxylic acids is 1. The topological polar surface area (TPSA) is 116 Å². The molecule has 0 heterocycles. The van der Waals surface area contributed by atoms with Gasteiger partial charge in [0, 0.05) is 6.42 Å². The molecule has 132 valence electrons. The molecule has 1 aromatic rings. The minimum atomic E-state index is -2.29. The van der Waals surface area contributed by atoms with Crippen molar-refractivity contribution in [2.75, 3.05) is 0 Å². The van der Waals surface area contributed by atoms with Gasteiger partial charge in [-0.2, -0.15) is 0 Å². The zero-order valence-electron chi connectivity index (χ0n) is 14.1. The van der Waals surface area contributed by atoms with E-state index in [1.807, 2.05) is 6.07 Å². The molecule has 0 fully saturated rings. The molecule has 3 N–H and O–H groups in total. The summed E-state index contributed by atoms with van der Waals surface area (Å²) in [6, 6.07) is 9.03. The van der Waals surface area contributed by atoms with Crippen molar-refractivity contribution < 1.29 is 29.0 Å². The summed E-state index contributed by atoms with van der Waals surface area (Å²) in [6.45, 7) is 4.86. The van der Waals surface area contributed by atoms with E-state index >= 15 is 0 Å². The molecule has 1 atom stereocenters. The molecular weight excluding hydrogens is 314 g/mol. The molecule has 0 aliphatic heterocycles. The molecule has 1 aromatic carbocycles. The molecule has 0 aliphatic carbocycles. The van der Waals surface area contributed by atoms with E-state index in [-0.39, 0.29) is 13.0 Å². The first-order chi connectivity index (χ1) is 11.0. The van der Waals surface area contributed by atoms with Gasteiger partial charge in [-0.15, -0.1) is 0 Å². The maximum Gasteiger partial charge on any atom is 0.338 e. The highest BCUT2D eigenvalue weighted by Gasteiger charge is 2.45. The Morgan fingerprint density at radius 1 is 1.12 bits per heavy atom. The monoisotopic (exact) mass is 337 g/mol. The second-order valence-electron chi connectivity index (χ2n) is 6.42. The minimum Gasteiger partial charge on any atom is -0.479 e. The number of benzene rings is 1. The first kappa shape index (κ1) is 19.6. The average molecular weight is 337 g/mol. The van der Waals surface area contributed by atoms with Crippen molar-refractivity contribution in [2.45, 2.75) is 51.4 Å². The number of carbonyl (C=O) groups is 3. The molecule has 0 amide bonds. The summed E-state index contributed by atoms with van der Waals surface area (Å²) in [7, 11) is 0. The van der Waals surface area contributed by atoms with Gasteiger partial charge in [0.15, 0.2) is 0 Å². The first-order valence-electron chi connectivity index (χ1n) is 7.50. The number of carboxylic acid groups (broad SMARTS) is 1. The molecule has 0 aliphatic rings. The summed E-state index contributed by atoms with van der Waals surface area (Å²) in [5.74, 6) is -3.27. The molecule has 0 aromatic heterocycles. The molecule has 0 unspecified atom stereocenters. The van der Waals surface area contributed by atoms with E-state index in [2.05, 4.69) is 0 Å². The van der Waals surface area contributed by atoms with Crippen LogP contribution in [0, 0.1) is 0 Å². The second-order valence-corrected chi connectivity index (χ2v) is 6.42. The highest BCUT2D eigenvalue weighted by Crippen LogP contribution is 2.18. The van der Waals surface area contributed by atoms with Crippen molar-refractivity contribution in [2.24, 2.45) is 5.73 Å². The lowest BCUT2D eigenvalue weighted by Gasteiger charge is -2.27. The smallest absolute Gasteiger partial charge is 0.338 e. The number of hydrogen-bond acceptors (Lipinski definition) is 6. The third kappa shape index (κ3) is 6.00. The molecule has 0 radical (unpaired) electrons. The fourth-order valence-electron chi connectivity index (χ4n) is 1.77. The van der Waals surface area contributed by atoms with E-state index < -0.39 is 35.5 Å². The van der Waals surface area contributed by atoms with Gasteiger partial charge in [-0.1, -0.05) is 30.3 Å². The van der Waals surface area contributed by atoms with Gasteiger partial charge >= 0.3 is 17.9 Å². The average Bonchev–Trinajstić information content (AvgIpc) is 2.49. The van der Waals surface area contributed by atoms with Crippen LogP contribution in [0.5, 0.6) is 0 Å². The lowest BCUT2D eigenvalue weighted by atomic mass is 9.94. The third-order valence-electron chi connectivity index (χ3n) is 3.11. The van der Waals surface area contributed by atoms with Gasteiger partial charge < -0.3 is 20.3 Å². The Morgan fingerprint density at radius 3 is 2.21 bits per heavy atom. The summed E-state index contributed by atoms with van der Waals surface area (Å²) in [5.41, 5.74) is 3.29. The van der Waals surface area contributed by atoms with E-state index in [0.29, 0.717) is 0 Å². The third-order valence-corrected chi connectivity index (χ3v) is 3.11. The van der Waals surface area contributed by atoms with Crippen molar-refractivity contribution in [3.8, 4) is 0 Å². The van der Waals surface area contributed by atoms with Crippen LogP contribution in [0.1, 0.15) is 39.2 Å². The number of hydrogen-bond donors (Lipinski definition) is 2. The van der Waals surface area contributed by atoms with Crippen molar-refractivity contribution in [1.82, 2.24) is 0 Å². The summed E-state index contributed by atoms with van der Waals surface area (Å²) >= 11 is 0. The van der Waals surface area contributed by atoms with Crippen LogP contribution in [0.15, 0.2) is 30.3 Å². The highest BCUT2D eigenvalue weighted by atomic mass is 16.6. The van der Waals surface area contributed by atoms with Crippen LogP contribution < -0.4 is 5.73 Å². The minimum absolute atomic E-state index is 0.0662. The van der Waals surface area contributed by atoms with E-state index in [1.54, 1.807) is 45.0 Å². The Bertz CT molecular complexity index is 593. The standard InChI is InChI=1S/C17H23NO6/c1-16(2,3)24-15(22)17(18,14(20)21)10-9-13(19)23-11-12-7-5-4-6-8-12/h4-8H,9-11,18H2,1-3H3,(H,20,21)/t17-/m0/s1. The van der Waals surface area contributed by atoms with Crippen LogP contribution >= 0.6 is 0 Å². The van der Waals surface area contributed by atoms with Gasteiger partial charge in [0.05, 0.1) is 0 Å². The Labute approximate surface area is 140 Å². The highest BCUT2D eigenvalue weighted by molar-refractivity contribution is 6.04. The molecule has 24 heavy (non-hydrogen) atoms. The lowest BCUT2D eigenvalue weighted by Crippen LogP contribution is -2.57. The Kier molecular flexibility index (Phi) is 6.48. The molecule has 7 nitrogen and oxygen atoms in total. The van der Waals surface area contributed by atoms with Gasteiger partial charge in [0.1, 0.15) is 12.2 Å². The Balaban J connectivity index is 2.61. The zero-order valence-corrected chi connectivity index (χ0v) is 14.1. The quantitative estimate of drug-likeness (QED) is 0.574. The van der Waals surface area contributed by atoms with Crippen molar-refractivity contribution in [3.05, 3.63) is 35.9 Å². The number of esters is 2. The van der Waals surface area contributed by atoms with E-state index in [0.717, 1.165) is 5.56 Å². The fourth-order valence-corrected chi connectivity index (χ4v) is 1.77. The van der Waals surface area contributed by atoms with Crippen LogP contribution in [-0.4, -0.2) is 34.2 Å². The van der Waals surface area contributed by atoms with E-state index in [1.165, 1.54) is 0 Å². The molecule has 7 heteroatoms. The number of carbonyl (C=O) groups excluding carboxylic acids is 2. The van der Waals surface area contributed by atoms with Crippen LogP contribution in [-0.2, 0) is 30.5 Å². The first-order valence-corrected chi connectivity index (χ1v) is 7.50. The van der Waals surface area contributed by atoms with Gasteiger partial charge in [-0.05, 0) is 32.8 Å². The van der Waals surface area contributed by atoms with E-state index in [4.69, 9.17) is 15.2 Å². The molecule has 0 saturated carbocycles. The molecule has 1 rings (SSSR count). The fraction of sp³-hybridized carbons (Fsp3) is 0.471.